The van der Waals surface area contributed by atoms with Gasteiger partial charge in [-0.3, -0.25) is 19.7 Å². The number of hydrogen-bond acceptors (Lipinski definition) is 7. The number of fused-ring (bicyclic) bond motifs is 2. The van der Waals surface area contributed by atoms with Crippen molar-refractivity contribution in [2.45, 2.75) is 31.4 Å². The van der Waals surface area contributed by atoms with Crippen LogP contribution in [0.5, 0.6) is 5.75 Å². The van der Waals surface area contributed by atoms with E-state index < -0.39 is 34.4 Å². The fourth-order valence-electron chi connectivity index (χ4n) is 4.42. The van der Waals surface area contributed by atoms with E-state index in [1.807, 2.05) is 55.2 Å². The van der Waals surface area contributed by atoms with Gasteiger partial charge in [-0.25, -0.2) is 0 Å². The zero-order chi connectivity index (χ0) is 23.1. The van der Waals surface area contributed by atoms with Gasteiger partial charge in [0, 0.05) is 23.4 Å². The molecule has 4 rings (SSSR count). The number of nitrogens with zero attached hydrogens (tertiary/aromatic N) is 2. The lowest BCUT2D eigenvalue weighted by Gasteiger charge is -2.47. The van der Waals surface area contributed by atoms with Crippen molar-refractivity contribution in [3.05, 3.63) is 69.8 Å². The minimum absolute atomic E-state index is 0.0240. The average molecular weight is 438 g/mol. The highest BCUT2D eigenvalue weighted by Gasteiger charge is 2.58. The molecule has 1 N–H and O–H groups in total. The first-order valence-corrected chi connectivity index (χ1v) is 10.1. The number of rotatable bonds is 6. The molecule has 166 valence electrons. The van der Waals surface area contributed by atoms with Crippen molar-refractivity contribution in [3.63, 3.8) is 0 Å². The van der Waals surface area contributed by atoms with E-state index in [-0.39, 0.29) is 18.8 Å². The summed E-state index contributed by atoms with van der Waals surface area (Å²) in [6.07, 6.45) is 2.98. The number of non-ortho nitro benzene ring substituents is 1. The predicted octanol–water partition coefficient (Wildman–Crippen LogP) is 3.51. The van der Waals surface area contributed by atoms with Crippen LogP contribution in [0.25, 0.3) is 6.08 Å². The normalized spacial score (nSPS) is 19.8. The Hall–Kier alpha value is -3.88. The topological polar surface area (TPSA) is 119 Å². The number of carbonyl (C=O) groups excluding carboxylic acids is 1. The van der Waals surface area contributed by atoms with Crippen molar-refractivity contribution < 1.29 is 29.1 Å². The van der Waals surface area contributed by atoms with Gasteiger partial charge in [0.15, 0.2) is 0 Å². The van der Waals surface area contributed by atoms with Gasteiger partial charge in [0.2, 0.25) is 5.72 Å². The summed E-state index contributed by atoms with van der Waals surface area (Å²) in [5.74, 6) is -1.55. The van der Waals surface area contributed by atoms with Crippen molar-refractivity contribution in [2.75, 3.05) is 18.1 Å². The predicted molar refractivity (Wildman–Crippen MR) is 116 cm³/mol. The van der Waals surface area contributed by atoms with Crippen LogP contribution in [0.4, 0.5) is 11.4 Å². The van der Waals surface area contributed by atoms with Gasteiger partial charge >= 0.3 is 11.9 Å². The van der Waals surface area contributed by atoms with Crippen LogP contribution in [-0.4, -0.2) is 40.8 Å². The Morgan fingerprint density at radius 1 is 1.22 bits per heavy atom. The second-order valence-corrected chi connectivity index (χ2v) is 8.20. The molecule has 2 aromatic rings. The van der Waals surface area contributed by atoms with Gasteiger partial charge in [0.25, 0.3) is 5.69 Å². The SMILES string of the molecule is CC1(C)c2ccccc2N(CCOC(=O)CC(=O)O)C12C=Cc1cc([N+](=O)[O-])ccc1O2. The second-order valence-electron chi connectivity index (χ2n) is 8.20. The van der Waals surface area contributed by atoms with E-state index in [1.165, 1.54) is 12.1 Å². The van der Waals surface area contributed by atoms with Gasteiger partial charge in [-0.15, -0.1) is 0 Å². The molecule has 9 nitrogen and oxygen atoms in total. The molecule has 0 aliphatic carbocycles. The van der Waals surface area contributed by atoms with Gasteiger partial charge in [0.05, 0.1) is 16.9 Å². The lowest BCUT2D eigenvalue weighted by Crippen LogP contribution is -2.60. The first-order chi connectivity index (χ1) is 15.2. The van der Waals surface area contributed by atoms with Crippen LogP contribution in [0, 0.1) is 10.1 Å². The number of nitro benzene ring substituents is 1. The third kappa shape index (κ3) is 3.35. The van der Waals surface area contributed by atoms with E-state index in [2.05, 4.69) is 0 Å². The number of benzene rings is 2. The van der Waals surface area contributed by atoms with E-state index in [9.17, 15) is 19.7 Å². The highest BCUT2D eigenvalue weighted by molar-refractivity contribution is 5.90. The van der Waals surface area contributed by atoms with E-state index in [0.29, 0.717) is 11.3 Å². The molecule has 2 aliphatic rings. The summed E-state index contributed by atoms with van der Waals surface area (Å²) >= 11 is 0. The molecule has 1 unspecified atom stereocenters. The maximum atomic E-state index is 11.7. The molecule has 2 aromatic carbocycles. The van der Waals surface area contributed by atoms with Crippen LogP contribution >= 0.6 is 0 Å². The number of hydrogen-bond donors (Lipinski definition) is 1. The Bertz CT molecular complexity index is 1140. The summed E-state index contributed by atoms with van der Waals surface area (Å²) in [4.78, 5) is 35.1. The molecule has 0 fully saturated rings. The summed E-state index contributed by atoms with van der Waals surface area (Å²) < 4.78 is 11.7. The second kappa shape index (κ2) is 7.67. The molecule has 1 atom stereocenters. The molecule has 0 radical (unpaired) electrons. The van der Waals surface area contributed by atoms with Crippen molar-refractivity contribution in [1.29, 1.82) is 0 Å². The quantitative estimate of drug-likeness (QED) is 0.315. The molecule has 0 bridgehead atoms. The Morgan fingerprint density at radius 2 is 1.97 bits per heavy atom. The zero-order valence-electron chi connectivity index (χ0n) is 17.6. The highest BCUT2D eigenvalue weighted by Crippen LogP contribution is 2.54. The van der Waals surface area contributed by atoms with Crippen molar-refractivity contribution >= 4 is 29.4 Å². The van der Waals surface area contributed by atoms with Crippen LogP contribution < -0.4 is 9.64 Å². The number of anilines is 1. The molecule has 32 heavy (non-hydrogen) atoms. The smallest absolute Gasteiger partial charge is 0.317 e. The Kier molecular flexibility index (Phi) is 5.12. The molecule has 2 heterocycles. The molecule has 0 saturated carbocycles. The number of esters is 1. The first-order valence-electron chi connectivity index (χ1n) is 10.1. The van der Waals surface area contributed by atoms with Crippen LogP contribution in [-0.2, 0) is 19.7 Å². The standard InChI is InChI=1S/C23H22N2O7/c1-22(2)17-5-3-4-6-18(17)24(11-12-31-21(28)14-20(26)27)23(22)10-9-15-13-16(25(29)30)7-8-19(15)32-23/h3-10,13H,11-12,14H2,1-2H3,(H,26,27). The van der Waals surface area contributed by atoms with E-state index in [0.717, 1.165) is 11.3 Å². The molecule has 0 amide bonds. The van der Waals surface area contributed by atoms with Crippen molar-refractivity contribution in [2.24, 2.45) is 0 Å². The largest absolute Gasteiger partial charge is 0.481 e. The average Bonchev–Trinajstić information content (AvgIpc) is 2.91. The van der Waals surface area contributed by atoms with E-state index in [4.69, 9.17) is 14.6 Å². The molecule has 9 heteroatoms. The van der Waals surface area contributed by atoms with E-state index >= 15 is 0 Å². The highest BCUT2D eigenvalue weighted by atomic mass is 16.6. The molecular weight excluding hydrogens is 416 g/mol. The molecule has 0 saturated heterocycles. The van der Waals surface area contributed by atoms with Crippen molar-refractivity contribution in [1.82, 2.24) is 0 Å². The van der Waals surface area contributed by atoms with Crippen LogP contribution in [0.15, 0.2) is 48.5 Å². The zero-order valence-corrected chi connectivity index (χ0v) is 17.6. The lowest BCUT2D eigenvalue weighted by molar-refractivity contribution is -0.384. The van der Waals surface area contributed by atoms with Gasteiger partial charge in [-0.1, -0.05) is 18.2 Å². The Morgan fingerprint density at radius 3 is 2.69 bits per heavy atom. The summed E-state index contributed by atoms with van der Waals surface area (Å²) in [5.41, 5.74) is 1.02. The number of aliphatic carboxylic acids is 1. The number of ether oxygens (including phenoxy) is 2. The molecule has 1 spiro atoms. The fraction of sp³-hybridized carbons (Fsp3) is 0.304. The van der Waals surface area contributed by atoms with Crippen LogP contribution in [0.3, 0.4) is 0 Å². The molecule has 0 aromatic heterocycles. The number of para-hydroxylation sites is 1. The number of carboxylic acids is 1. The van der Waals surface area contributed by atoms with Gasteiger partial charge < -0.3 is 19.5 Å². The maximum Gasteiger partial charge on any atom is 0.317 e. The third-order valence-electron chi connectivity index (χ3n) is 6.00. The van der Waals surface area contributed by atoms with Crippen LogP contribution in [0.1, 0.15) is 31.4 Å². The van der Waals surface area contributed by atoms with Gasteiger partial charge in [-0.05, 0) is 43.7 Å². The number of carbonyl (C=O) groups is 2. The van der Waals surface area contributed by atoms with Gasteiger partial charge in [-0.2, -0.15) is 0 Å². The lowest BCUT2D eigenvalue weighted by atomic mass is 9.76. The minimum Gasteiger partial charge on any atom is -0.481 e. The van der Waals surface area contributed by atoms with Gasteiger partial charge in [0.1, 0.15) is 18.8 Å². The Balaban J connectivity index is 1.69. The molecular formula is C23H22N2O7. The minimum atomic E-state index is -1.25. The number of carboxylic acid groups (broad SMARTS) is 1. The maximum absolute atomic E-state index is 11.7. The number of nitro groups is 1. The summed E-state index contributed by atoms with van der Waals surface area (Å²) in [6, 6.07) is 12.3. The van der Waals surface area contributed by atoms with E-state index in [1.54, 1.807) is 6.07 Å². The van der Waals surface area contributed by atoms with Crippen molar-refractivity contribution in [3.8, 4) is 5.75 Å². The third-order valence-corrected chi connectivity index (χ3v) is 6.00. The summed E-state index contributed by atoms with van der Waals surface area (Å²) in [5, 5.41) is 19.9. The summed E-state index contributed by atoms with van der Waals surface area (Å²) in [6.45, 7) is 4.33. The monoisotopic (exact) mass is 438 g/mol. The first kappa shape index (κ1) is 21.4. The Labute approximate surface area is 184 Å². The molecule has 2 aliphatic heterocycles. The van der Waals surface area contributed by atoms with Crippen LogP contribution in [0.2, 0.25) is 0 Å². The fourth-order valence-corrected chi connectivity index (χ4v) is 4.42. The summed E-state index contributed by atoms with van der Waals surface area (Å²) in [7, 11) is 0.